The van der Waals surface area contributed by atoms with Gasteiger partial charge in [0.25, 0.3) is 0 Å². The number of ether oxygens (including phenoxy) is 2. The molecule has 4 nitrogen and oxygen atoms in total. The molecule has 0 aromatic heterocycles. The summed E-state index contributed by atoms with van der Waals surface area (Å²) in [5.74, 6) is 2.08. The van der Waals surface area contributed by atoms with Crippen molar-refractivity contribution in [3.05, 3.63) is 84.9 Å². The zero-order valence-corrected chi connectivity index (χ0v) is 19.2. The van der Waals surface area contributed by atoms with E-state index < -0.39 is 18.8 Å². The molecule has 0 aliphatic carbocycles. The van der Waals surface area contributed by atoms with Crippen LogP contribution >= 0.6 is 0 Å². The van der Waals surface area contributed by atoms with Gasteiger partial charge in [-0.3, -0.25) is 0 Å². The van der Waals surface area contributed by atoms with E-state index in [1.54, 1.807) is 36.4 Å². The first-order valence-electron chi connectivity index (χ1n) is 10.5. The van der Waals surface area contributed by atoms with Crippen molar-refractivity contribution in [2.24, 2.45) is 0 Å². The Morgan fingerprint density at radius 3 is 1.82 bits per heavy atom. The van der Waals surface area contributed by atoms with Crippen LogP contribution in [0.1, 0.15) is 20.8 Å². The summed E-state index contributed by atoms with van der Waals surface area (Å²) in [5.41, 5.74) is 0.429. The summed E-state index contributed by atoms with van der Waals surface area (Å²) in [6.07, 6.45) is -7.02. The molecular formula is C26H30F3NO3. The maximum atomic E-state index is 12.4. The second-order valence-electron chi connectivity index (χ2n) is 8.38. The van der Waals surface area contributed by atoms with E-state index in [4.69, 9.17) is 14.6 Å². The second-order valence-corrected chi connectivity index (χ2v) is 8.38. The first kappa shape index (κ1) is 26.1. The summed E-state index contributed by atoms with van der Waals surface area (Å²) in [5, 5.41) is 9.12. The van der Waals surface area contributed by atoms with Crippen LogP contribution in [0.2, 0.25) is 0 Å². The molecule has 0 spiro atoms. The Balaban J connectivity index is 0.000000294. The lowest BCUT2D eigenvalue weighted by Gasteiger charge is -2.24. The zero-order chi connectivity index (χ0) is 24.5. The number of likely N-dealkylation sites (N-methyl/N-ethyl adjacent to an activating group) is 1. The molecule has 1 atom stereocenters. The van der Waals surface area contributed by atoms with Gasteiger partial charge in [0, 0.05) is 18.8 Å². The van der Waals surface area contributed by atoms with Gasteiger partial charge in [-0.2, -0.15) is 13.2 Å². The first-order chi connectivity index (χ1) is 15.4. The average molecular weight is 462 g/mol. The van der Waals surface area contributed by atoms with Gasteiger partial charge >= 0.3 is 6.18 Å². The molecule has 3 aromatic rings. The van der Waals surface area contributed by atoms with Crippen molar-refractivity contribution in [1.29, 1.82) is 0 Å². The largest absolute Gasteiger partial charge is 0.488 e. The number of benzene rings is 3. The van der Waals surface area contributed by atoms with Crippen molar-refractivity contribution in [3.63, 3.8) is 0 Å². The highest BCUT2D eigenvalue weighted by Gasteiger charge is 2.38. The lowest BCUT2D eigenvalue weighted by atomic mass is 10.2. The third-order valence-corrected chi connectivity index (χ3v) is 4.23. The van der Waals surface area contributed by atoms with E-state index in [-0.39, 0.29) is 5.60 Å². The van der Waals surface area contributed by atoms with Crippen molar-refractivity contribution >= 4 is 5.69 Å². The van der Waals surface area contributed by atoms with Gasteiger partial charge in [0.05, 0.1) is 6.54 Å². The number of hydrogen-bond donors (Lipinski definition) is 1. The molecule has 0 saturated heterocycles. The van der Waals surface area contributed by atoms with Gasteiger partial charge in [-0.15, -0.1) is 0 Å². The van der Waals surface area contributed by atoms with Crippen LogP contribution in [0.15, 0.2) is 84.9 Å². The van der Waals surface area contributed by atoms with Gasteiger partial charge < -0.3 is 19.5 Å². The molecule has 0 aliphatic rings. The van der Waals surface area contributed by atoms with E-state index in [2.05, 4.69) is 0 Å². The summed E-state index contributed by atoms with van der Waals surface area (Å²) in [6.45, 7) is 5.58. The van der Waals surface area contributed by atoms with E-state index in [1.807, 2.05) is 69.3 Å². The minimum absolute atomic E-state index is 0.0959. The number of anilines is 1. The molecule has 0 aliphatic heterocycles. The van der Waals surface area contributed by atoms with Crippen LogP contribution in [0.4, 0.5) is 18.9 Å². The Labute approximate surface area is 193 Å². The summed E-state index contributed by atoms with van der Waals surface area (Å²) in [4.78, 5) is 1.33. The van der Waals surface area contributed by atoms with Crippen molar-refractivity contribution in [2.75, 3.05) is 18.5 Å². The predicted octanol–water partition coefficient (Wildman–Crippen LogP) is 6.70. The van der Waals surface area contributed by atoms with Crippen molar-refractivity contribution < 1.29 is 27.8 Å². The number of rotatable bonds is 6. The molecule has 3 rings (SSSR count). The number of aliphatic hydroxyl groups excluding tert-OH is 1. The van der Waals surface area contributed by atoms with Crippen LogP contribution in [0, 0.1) is 0 Å². The topological polar surface area (TPSA) is 41.9 Å². The Bertz CT molecular complexity index is 958. The minimum atomic E-state index is -4.63. The molecule has 3 aromatic carbocycles. The lowest BCUT2D eigenvalue weighted by molar-refractivity contribution is -0.200. The molecule has 0 bridgehead atoms. The van der Waals surface area contributed by atoms with Gasteiger partial charge in [0.1, 0.15) is 22.8 Å². The molecule has 0 heterocycles. The fourth-order valence-corrected chi connectivity index (χ4v) is 2.72. The van der Waals surface area contributed by atoms with E-state index >= 15 is 0 Å². The van der Waals surface area contributed by atoms with Gasteiger partial charge in [-0.05, 0) is 57.2 Å². The summed E-state index contributed by atoms with van der Waals surface area (Å²) in [6, 6.07) is 25.6. The summed E-state index contributed by atoms with van der Waals surface area (Å²) in [7, 11) is 1.48. The van der Waals surface area contributed by atoms with Crippen LogP contribution in [0.3, 0.4) is 0 Å². The smallest absolute Gasteiger partial charge is 0.416 e. The molecule has 0 radical (unpaired) electrons. The number of hydrogen-bond acceptors (Lipinski definition) is 4. The number of alkyl halides is 3. The SMILES string of the molecule is CC(C)(C)Oc1ccccc1.CN(CC(O)C(F)(F)F)c1cccc(Oc2ccccc2)c1. The number of halogens is 3. The lowest BCUT2D eigenvalue weighted by Crippen LogP contribution is -2.39. The third kappa shape index (κ3) is 9.87. The summed E-state index contributed by atoms with van der Waals surface area (Å²) >= 11 is 0. The van der Waals surface area contributed by atoms with E-state index in [9.17, 15) is 13.2 Å². The van der Waals surface area contributed by atoms with Gasteiger partial charge in [0.15, 0.2) is 6.10 Å². The first-order valence-corrected chi connectivity index (χ1v) is 10.5. The molecule has 0 saturated carbocycles. The summed E-state index contributed by atoms with van der Waals surface area (Å²) < 4.78 is 48.4. The van der Waals surface area contributed by atoms with E-state index in [0.717, 1.165) is 5.75 Å². The monoisotopic (exact) mass is 461 g/mol. The molecule has 1 unspecified atom stereocenters. The zero-order valence-electron chi connectivity index (χ0n) is 19.2. The molecule has 33 heavy (non-hydrogen) atoms. The highest BCUT2D eigenvalue weighted by molar-refractivity contribution is 5.51. The number of nitrogens with zero attached hydrogens (tertiary/aromatic N) is 1. The maximum absolute atomic E-state index is 12.4. The Morgan fingerprint density at radius 1 is 0.788 bits per heavy atom. The van der Waals surface area contributed by atoms with Crippen molar-refractivity contribution in [2.45, 2.75) is 38.7 Å². The van der Waals surface area contributed by atoms with E-state index in [0.29, 0.717) is 17.2 Å². The third-order valence-electron chi connectivity index (χ3n) is 4.23. The number of para-hydroxylation sites is 2. The highest BCUT2D eigenvalue weighted by atomic mass is 19.4. The molecular weight excluding hydrogens is 431 g/mol. The fourth-order valence-electron chi connectivity index (χ4n) is 2.72. The Hall–Kier alpha value is -3.19. The van der Waals surface area contributed by atoms with Crippen LogP contribution < -0.4 is 14.4 Å². The Morgan fingerprint density at radius 2 is 1.30 bits per heavy atom. The van der Waals surface area contributed by atoms with Crippen LogP contribution in [0.25, 0.3) is 0 Å². The molecule has 0 amide bonds. The Kier molecular flexibility index (Phi) is 9.17. The molecule has 1 N–H and O–H groups in total. The molecule has 178 valence electrons. The maximum Gasteiger partial charge on any atom is 0.416 e. The fraction of sp³-hybridized carbons (Fsp3) is 0.308. The molecule has 7 heteroatoms. The van der Waals surface area contributed by atoms with Crippen LogP contribution in [-0.4, -0.2) is 36.6 Å². The molecule has 0 fully saturated rings. The average Bonchev–Trinajstić information content (AvgIpc) is 2.74. The normalized spacial score (nSPS) is 12.2. The van der Waals surface area contributed by atoms with Gasteiger partial charge in [0.2, 0.25) is 0 Å². The van der Waals surface area contributed by atoms with Crippen LogP contribution in [-0.2, 0) is 0 Å². The highest BCUT2D eigenvalue weighted by Crippen LogP contribution is 2.27. The van der Waals surface area contributed by atoms with E-state index in [1.165, 1.54) is 11.9 Å². The van der Waals surface area contributed by atoms with Crippen molar-refractivity contribution in [1.82, 2.24) is 0 Å². The number of aliphatic hydroxyl groups is 1. The van der Waals surface area contributed by atoms with Gasteiger partial charge in [-0.1, -0.05) is 42.5 Å². The predicted molar refractivity (Wildman–Crippen MR) is 125 cm³/mol. The van der Waals surface area contributed by atoms with Crippen LogP contribution in [0.5, 0.6) is 17.2 Å². The standard InChI is InChI=1S/C16H16F3NO2.C10H14O/c1-20(11-15(21)16(17,18)19)12-6-5-9-14(10-12)22-13-7-3-2-4-8-13;1-10(2,3)11-9-7-5-4-6-8-9/h2-10,15,21H,11H2,1H3;4-8H,1-3H3. The van der Waals surface area contributed by atoms with Gasteiger partial charge in [-0.25, -0.2) is 0 Å². The minimum Gasteiger partial charge on any atom is -0.488 e. The van der Waals surface area contributed by atoms with Crippen molar-refractivity contribution in [3.8, 4) is 17.2 Å². The quantitative estimate of drug-likeness (QED) is 0.443. The second kappa shape index (κ2) is 11.6.